The van der Waals surface area contributed by atoms with Crippen molar-refractivity contribution in [3.05, 3.63) is 36.0 Å². The molecule has 1 aromatic carbocycles. The summed E-state index contributed by atoms with van der Waals surface area (Å²) in [6.45, 7) is 2.36. The fourth-order valence-corrected chi connectivity index (χ4v) is 2.49. The normalized spacial score (nSPS) is 10.7. The Kier molecular flexibility index (Phi) is 5.51. The van der Waals surface area contributed by atoms with Crippen LogP contribution in [0.15, 0.2) is 30.5 Å². The van der Waals surface area contributed by atoms with Gasteiger partial charge in [-0.1, -0.05) is 18.2 Å². The van der Waals surface area contributed by atoms with Gasteiger partial charge in [0.25, 0.3) is 0 Å². The van der Waals surface area contributed by atoms with Crippen molar-refractivity contribution in [1.82, 2.24) is 9.88 Å². The Labute approximate surface area is 134 Å². The van der Waals surface area contributed by atoms with Gasteiger partial charge in [-0.05, 0) is 19.4 Å². The number of nitrogens with one attached hydrogen (secondary N) is 1. The molecule has 2 N–H and O–H groups in total. The lowest BCUT2D eigenvalue weighted by atomic mass is 10.1. The molecule has 0 aliphatic rings. The summed E-state index contributed by atoms with van der Waals surface area (Å²) in [5.74, 6) is -0.995. The van der Waals surface area contributed by atoms with Gasteiger partial charge < -0.3 is 15.0 Å². The number of carboxylic acids is 1. The Morgan fingerprint density at radius 1 is 1.17 bits per heavy atom. The quantitative estimate of drug-likeness (QED) is 0.577. The predicted octanol–water partition coefficient (Wildman–Crippen LogP) is 2.21. The van der Waals surface area contributed by atoms with Gasteiger partial charge in [-0.2, -0.15) is 0 Å². The Morgan fingerprint density at radius 2 is 1.91 bits per heavy atom. The van der Waals surface area contributed by atoms with Crippen LogP contribution in [0.3, 0.4) is 0 Å². The Balaban J connectivity index is 1.96. The summed E-state index contributed by atoms with van der Waals surface area (Å²) in [6, 6.07) is 7.60. The highest BCUT2D eigenvalue weighted by molar-refractivity contribution is 6.06. The molecule has 0 aliphatic carbocycles. The van der Waals surface area contributed by atoms with E-state index in [1.807, 2.05) is 28.8 Å². The molecule has 23 heavy (non-hydrogen) atoms. The number of ketones is 1. The second kappa shape index (κ2) is 7.58. The molecule has 0 saturated carbocycles. The maximum atomic E-state index is 11.8. The Bertz CT molecular complexity index is 733. The van der Waals surface area contributed by atoms with Crippen LogP contribution in [-0.4, -0.2) is 33.9 Å². The maximum Gasteiger partial charge on any atom is 0.303 e. The number of carbonyl (C=O) groups excluding carboxylic acids is 2. The summed E-state index contributed by atoms with van der Waals surface area (Å²) in [5, 5.41) is 12.1. The number of hydrogen-bond donors (Lipinski definition) is 2. The van der Waals surface area contributed by atoms with Crippen LogP contribution in [0, 0.1) is 0 Å². The number of aliphatic carboxylic acids is 1. The number of amides is 1. The van der Waals surface area contributed by atoms with E-state index in [1.165, 1.54) is 6.92 Å². The van der Waals surface area contributed by atoms with Gasteiger partial charge >= 0.3 is 5.97 Å². The smallest absolute Gasteiger partial charge is 0.303 e. The van der Waals surface area contributed by atoms with Crippen molar-refractivity contribution >= 4 is 28.6 Å². The Morgan fingerprint density at radius 3 is 2.61 bits per heavy atom. The summed E-state index contributed by atoms with van der Waals surface area (Å²) in [6.07, 6.45) is 2.53. The zero-order valence-electron chi connectivity index (χ0n) is 13.0. The number of aryl methyl sites for hydroxylation is 1. The number of carboxylic acid groups (broad SMARTS) is 1. The number of aromatic nitrogens is 1. The first-order valence-corrected chi connectivity index (χ1v) is 7.56. The lowest BCUT2D eigenvalue weighted by molar-refractivity contribution is -0.137. The van der Waals surface area contributed by atoms with E-state index in [0.717, 1.165) is 10.9 Å². The van der Waals surface area contributed by atoms with Gasteiger partial charge in [-0.25, -0.2) is 0 Å². The second-order valence-corrected chi connectivity index (χ2v) is 5.41. The number of hydrogen-bond acceptors (Lipinski definition) is 3. The van der Waals surface area contributed by atoms with E-state index < -0.39 is 5.97 Å². The van der Waals surface area contributed by atoms with Gasteiger partial charge in [-0.15, -0.1) is 0 Å². The predicted molar refractivity (Wildman–Crippen MR) is 86.4 cm³/mol. The number of rotatable bonds is 8. The van der Waals surface area contributed by atoms with Gasteiger partial charge in [-0.3, -0.25) is 14.4 Å². The van der Waals surface area contributed by atoms with Gasteiger partial charge in [0.15, 0.2) is 5.78 Å². The van der Waals surface area contributed by atoms with E-state index in [-0.39, 0.29) is 24.5 Å². The summed E-state index contributed by atoms with van der Waals surface area (Å²) in [7, 11) is 0. The molecule has 1 heterocycles. The van der Waals surface area contributed by atoms with Crippen LogP contribution in [0.25, 0.3) is 10.9 Å². The highest BCUT2D eigenvalue weighted by Crippen LogP contribution is 2.22. The largest absolute Gasteiger partial charge is 0.481 e. The molecule has 0 atom stereocenters. The molecule has 2 aromatic rings. The van der Waals surface area contributed by atoms with Crippen LogP contribution < -0.4 is 5.32 Å². The fraction of sp³-hybridized carbons (Fsp3) is 0.353. The number of para-hydroxylation sites is 1. The van der Waals surface area contributed by atoms with Crippen molar-refractivity contribution in [3.8, 4) is 0 Å². The summed E-state index contributed by atoms with van der Waals surface area (Å²) in [5.41, 5.74) is 1.58. The molecule has 0 fully saturated rings. The number of Topliss-reactive ketones (excluding diaryl/α,β-unsaturated/α-hetero) is 1. The SMILES string of the molecule is CC(=O)c1cn(CCC(=O)NCCCC(=O)O)c2ccccc12. The van der Waals surface area contributed by atoms with Crippen molar-refractivity contribution in [2.45, 2.75) is 32.7 Å². The molecule has 1 amide bonds. The van der Waals surface area contributed by atoms with E-state index in [9.17, 15) is 14.4 Å². The average Bonchev–Trinajstić information content (AvgIpc) is 2.88. The maximum absolute atomic E-state index is 11.8. The van der Waals surface area contributed by atoms with E-state index >= 15 is 0 Å². The first-order chi connectivity index (χ1) is 11.0. The molecule has 6 nitrogen and oxygen atoms in total. The van der Waals surface area contributed by atoms with Crippen molar-refractivity contribution in [3.63, 3.8) is 0 Å². The molecule has 0 saturated heterocycles. The minimum Gasteiger partial charge on any atom is -0.481 e. The summed E-state index contributed by atoms with van der Waals surface area (Å²) < 4.78 is 1.91. The third kappa shape index (κ3) is 4.42. The van der Waals surface area contributed by atoms with Gasteiger partial charge in [0.05, 0.1) is 0 Å². The third-order valence-electron chi connectivity index (χ3n) is 3.64. The lowest BCUT2D eigenvalue weighted by Gasteiger charge is -2.06. The summed E-state index contributed by atoms with van der Waals surface area (Å²) >= 11 is 0. The minimum absolute atomic E-state index is 0.00179. The van der Waals surface area contributed by atoms with Crippen LogP contribution in [0.4, 0.5) is 0 Å². The molecule has 2 rings (SSSR count). The van der Waals surface area contributed by atoms with Gasteiger partial charge in [0.1, 0.15) is 0 Å². The van der Waals surface area contributed by atoms with Crippen molar-refractivity contribution in [2.75, 3.05) is 6.54 Å². The molecule has 0 radical (unpaired) electrons. The van der Waals surface area contributed by atoms with E-state index in [1.54, 1.807) is 6.20 Å². The van der Waals surface area contributed by atoms with Crippen molar-refractivity contribution in [1.29, 1.82) is 0 Å². The monoisotopic (exact) mass is 316 g/mol. The molecule has 0 unspecified atom stereocenters. The number of carbonyl (C=O) groups is 3. The standard InChI is InChI=1S/C17H20N2O4/c1-12(20)14-11-19(15-6-3-2-5-13(14)15)10-8-16(21)18-9-4-7-17(22)23/h2-3,5-6,11H,4,7-10H2,1H3,(H,18,21)(H,22,23). The van der Waals surface area contributed by atoms with E-state index in [2.05, 4.69) is 5.32 Å². The number of benzene rings is 1. The first-order valence-electron chi connectivity index (χ1n) is 7.56. The van der Waals surface area contributed by atoms with E-state index in [4.69, 9.17) is 5.11 Å². The highest BCUT2D eigenvalue weighted by atomic mass is 16.4. The zero-order chi connectivity index (χ0) is 16.8. The Hall–Kier alpha value is -2.63. The van der Waals surface area contributed by atoms with Crippen molar-refractivity contribution < 1.29 is 19.5 Å². The zero-order valence-corrected chi connectivity index (χ0v) is 13.0. The van der Waals surface area contributed by atoms with Crippen LogP contribution in [0.2, 0.25) is 0 Å². The highest BCUT2D eigenvalue weighted by Gasteiger charge is 2.12. The average molecular weight is 316 g/mol. The molecule has 122 valence electrons. The fourth-order valence-electron chi connectivity index (χ4n) is 2.49. The molecular formula is C17H20N2O4. The van der Waals surface area contributed by atoms with Crippen LogP contribution in [0.1, 0.15) is 36.5 Å². The van der Waals surface area contributed by atoms with Crippen LogP contribution in [-0.2, 0) is 16.1 Å². The third-order valence-corrected chi connectivity index (χ3v) is 3.64. The molecule has 0 bridgehead atoms. The minimum atomic E-state index is -0.866. The molecule has 0 aliphatic heterocycles. The van der Waals surface area contributed by atoms with Crippen LogP contribution in [0.5, 0.6) is 0 Å². The number of fused-ring (bicyclic) bond motifs is 1. The molecular weight excluding hydrogens is 296 g/mol. The number of nitrogens with zero attached hydrogens (tertiary/aromatic N) is 1. The first kappa shape index (κ1) is 16.7. The van der Waals surface area contributed by atoms with Gasteiger partial charge in [0, 0.05) is 48.6 Å². The van der Waals surface area contributed by atoms with Crippen molar-refractivity contribution in [2.24, 2.45) is 0 Å². The second-order valence-electron chi connectivity index (χ2n) is 5.41. The molecule has 0 spiro atoms. The van der Waals surface area contributed by atoms with Crippen LogP contribution >= 0.6 is 0 Å². The molecule has 1 aromatic heterocycles. The molecule has 6 heteroatoms. The van der Waals surface area contributed by atoms with E-state index in [0.29, 0.717) is 25.1 Å². The lowest BCUT2D eigenvalue weighted by Crippen LogP contribution is -2.25. The topological polar surface area (TPSA) is 88.4 Å². The van der Waals surface area contributed by atoms with Gasteiger partial charge in [0.2, 0.25) is 5.91 Å². The summed E-state index contributed by atoms with van der Waals surface area (Å²) in [4.78, 5) is 33.9.